The largest absolute Gasteiger partial charge is 0.453 e. The normalized spacial score (nSPS) is 35.1. The molecule has 0 aromatic carbocycles. The summed E-state index contributed by atoms with van der Waals surface area (Å²) in [5.41, 5.74) is 0.488. The molecule has 0 radical (unpaired) electrons. The molecule has 0 aromatic rings. The molecule has 2 rings (SSSR count). The maximum absolute atomic E-state index is 11.2. The second-order valence-electron chi connectivity index (χ2n) is 3.74. The number of hydrogen-bond donors (Lipinski definition) is 1. The number of allylic oxidation sites excluding steroid dienone is 1. The van der Waals surface area contributed by atoms with E-state index < -0.39 is 29.1 Å². The second kappa shape index (κ2) is 3.62. The van der Waals surface area contributed by atoms with Crippen LogP contribution in [0.2, 0.25) is 0 Å². The van der Waals surface area contributed by atoms with E-state index in [1.807, 2.05) is 0 Å². The number of fused-ring (bicyclic) bond motifs is 1. The van der Waals surface area contributed by atoms with Gasteiger partial charge in [0.05, 0.1) is 0 Å². The highest BCUT2D eigenvalue weighted by Crippen LogP contribution is 2.30. The van der Waals surface area contributed by atoms with Gasteiger partial charge in [-0.1, -0.05) is 6.08 Å². The number of carbonyl (C=O) groups is 1. The number of ether oxygens (including phenoxy) is 1. The third-order valence-electron chi connectivity index (χ3n) is 2.79. The Labute approximate surface area is 85.7 Å². The molecule has 1 aliphatic heterocycles. The fraction of sp³-hybridized carbons (Fsp3) is 0.667. The van der Waals surface area contributed by atoms with Crippen molar-refractivity contribution in [2.75, 3.05) is 0 Å². The molecule has 1 N–H and O–H groups in total. The van der Waals surface area contributed by atoms with Crippen molar-refractivity contribution in [2.45, 2.75) is 37.5 Å². The monoisotopic (exact) mass is 213 g/mol. The lowest BCUT2D eigenvalue weighted by atomic mass is 9.87. The summed E-state index contributed by atoms with van der Waals surface area (Å²) in [6, 6.07) is -1.66. The Bertz CT molecular complexity index is 337. The third-order valence-corrected chi connectivity index (χ3v) is 2.79. The Morgan fingerprint density at radius 3 is 3.00 bits per heavy atom. The predicted octanol–water partition coefficient (Wildman–Crippen LogP) is 0.0283. The summed E-state index contributed by atoms with van der Waals surface area (Å²) in [7, 11) is 0. The Morgan fingerprint density at radius 1 is 1.60 bits per heavy atom. The van der Waals surface area contributed by atoms with Crippen molar-refractivity contribution in [1.82, 2.24) is 0 Å². The van der Waals surface area contributed by atoms with E-state index in [2.05, 4.69) is 0 Å². The molecule has 82 valence electrons. The van der Waals surface area contributed by atoms with Crippen LogP contribution in [0.4, 0.5) is 0 Å². The van der Waals surface area contributed by atoms with E-state index in [9.17, 15) is 20.0 Å². The molecule has 0 amide bonds. The van der Waals surface area contributed by atoms with Crippen LogP contribution in [0.5, 0.6) is 0 Å². The standard InChI is InChI=1S/C9H11NO5/c11-8-5-3-1-2-4-6(5)15-9(12)7(8)10(13)14/h3,6-8,11H,1-2,4H2. The average Bonchev–Trinajstić information content (AvgIpc) is 2.17. The van der Waals surface area contributed by atoms with Gasteiger partial charge in [0.15, 0.2) is 6.10 Å². The Hall–Kier alpha value is -1.43. The molecule has 0 aromatic heterocycles. The van der Waals surface area contributed by atoms with Crippen LogP contribution in [0.3, 0.4) is 0 Å². The Kier molecular flexibility index (Phi) is 2.44. The van der Waals surface area contributed by atoms with Gasteiger partial charge in [-0.05, 0) is 19.3 Å². The lowest BCUT2D eigenvalue weighted by molar-refractivity contribution is -0.522. The zero-order chi connectivity index (χ0) is 11.0. The van der Waals surface area contributed by atoms with Crippen molar-refractivity contribution in [3.8, 4) is 0 Å². The fourth-order valence-electron chi connectivity index (χ4n) is 2.03. The highest BCUT2D eigenvalue weighted by Gasteiger charge is 2.49. The molecule has 1 fully saturated rings. The first-order valence-electron chi connectivity index (χ1n) is 4.83. The van der Waals surface area contributed by atoms with Crippen LogP contribution < -0.4 is 0 Å². The van der Waals surface area contributed by atoms with E-state index in [0.29, 0.717) is 12.0 Å². The van der Waals surface area contributed by atoms with Gasteiger partial charge in [-0.25, -0.2) is 4.79 Å². The van der Waals surface area contributed by atoms with Gasteiger partial charge in [-0.3, -0.25) is 10.1 Å². The van der Waals surface area contributed by atoms with Crippen LogP contribution in [0.1, 0.15) is 19.3 Å². The first-order valence-corrected chi connectivity index (χ1v) is 4.83. The summed E-state index contributed by atoms with van der Waals surface area (Å²) in [5, 5.41) is 20.3. The summed E-state index contributed by atoms with van der Waals surface area (Å²) in [6.07, 6.45) is 2.23. The lowest BCUT2D eigenvalue weighted by Crippen LogP contribution is -2.51. The summed E-state index contributed by atoms with van der Waals surface area (Å²) in [6.45, 7) is 0. The van der Waals surface area contributed by atoms with Crippen molar-refractivity contribution < 1.29 is 19.6 Å². The molecule has 1 aliphatic carbocycles. The zero-order valence-electron chi connectivity index (χ0n) is 7.96. The molecule has 2 aliphatic rings. The molecular formula is C9H11NO5. The van der Waals surface area contributed by atoms with Crippen LogP contribution in [0, 0.1) is 10.1 Å². The number of aliphatic hydroxyl groups is 1. The molecule has 6 heteroatoms. The van der Waals surface area contributed by atoms with E-state index in [1.165, 1.54) is 0 Å². The van der Waals surface area contributed by atoms with Gasteiger partial charge >= 0.3 is 12.0 Å². The van der Waals surface area contributed by atoms with Crippen LogP contribution in [0.15, 0.2) is 11.6 Å². The van der Waals surface area contributed by atoms with E-state index in [1.54, 1.807) is 6.08 Å². The highest BCUT2D eigenvalue weighted by molar-refractivity contribution is 5.77. The SMILES string of the molecule is O=C1OC2CCCC=C2C(O)C1[N+](=O)[O-]. The van der Waals surface area contributed by atoms with Crippen LogP contribution >= 0.6 is 0 Å². The number of aliphatic hydroxyl groups excluding tert-OH is 1. The van der Waals surface area contributed by atoms with Crippen molar-refractivity contribution in [3.63, 3.8) is 0 Å². The second-order valence-corrected chi connectivity index (χ2v) is 3.74. The maximum atomic E-state index is 11.2. The summed E-state index contributed by atoms with van der Waals surface area (Å²) >= 11 is 0. The average molecular weight is 213 g/mol. The lowest BCUT2D eigenvalue weighted by Gasteiger charge is -2.32. The number of rotatable bonds is 1. The molecule has 1 heterocycles. The van der Waals surface area contributed by atoms with E-state index >= 15 is 0 Å². The van der Waals surface area contributed by atoms with Gasteiger partial charge in [-0.2, -0.15) is 0 Å². The van der Waals surface area contributed by atoms with Gasteiger partial charge in [0.25, 0.3) is 0 Å². The van der Waals surface area contributed by atoms with E-state index in [0.717, 1.165) is 12.8 Å². The van der Waals surface area contributed by atoms with Crippen molar-refractivity contribution in [1.29, 1.82) is 0 Å². The first kappa shape index (κ1) is 10.1. The Morgan fingerprint density at radius 2 is 2.33 bits per heavy atom. The molecular weight excluding hydrogens is 202 g/mol. The molecule has 15 heavy (non-hydrogen) atoms. The predicted molar refractivity (Wildman–Crippen MR) is 48.6 cm³/mol. The molecule has 0 spiro atoms. The van der Waals surface area contributed by atoms with E-state index in [-0.39, 0.29) is 0 Å². The van der Waals surface area contributed by atoms with Gasteiger partial charge in [0.2, 0.25) is 0 Å². The first-order chi connectivity index (χ1) is 7.11. The highest BCUT2D eigenvalue weighted by atomic mass is 16.6. The van der Waals surface area contributed by atoms with Crippen molar-refractivity contribution >= 4 is 5.97 Å². The molecule has 3 atom stereocenters. The van der Waals surface area contributed by atoms with Crippen molar-refractivity contribution in [3.05, 3.63) is 21.8 Å². The van der Waals surface area contributed by atoms with Crippen molar-refractivity contribution in [2.24, 2.45) is 0 Å². The van der Waals surface area contributed by atoms with Gasteiger partial charge in [0.1, 0.15) is 6.10 Å². The minimum absolute atomic E-state index is 0.461. The number of esters is 1. The van der Waals surface area contributed by atoms with Gasteiger partial charge in [-0.15, -0.1) is 0 Å². The molecule has 3 unspecified atom stereocenters. The van der Waals surface area contributed by atoms with Gasteiger partial charge < -0.3 is 9.84 Å². The molecule has 1 saturated heterocycles. The molecule has 6 nitrogen and oxygen atoms in total. The smallest absolute Gasteiger partial charge is 0.385 e. The number of nitro groups is 1. The minimum Gasteiger partial charge on any atom is -0.453 e. The zero-order valence-corrected chi connectivity index (χ0v) is 7.96. The number of carbonyl (C=O) groups excluding carboxylic acids is 1. The third kappa shape index (κ3) is 1.61. The van der Waals surface area contributed by atoms with Crippen LogP contribution in [-0.2, 0) is 9.53 Å². The quantitative estimate of drug-likeness (QED) is 0.287. The summed E-state index contributed by atoms with van der Waals surface area (Å²) in [4.78, 5) is 21.0. The number of hydrogen-bond acceptors (Lipinski definition) is 5. The molecule has 0 bridgehead atoms. The molecule has 0 saturated carbocycles. The van der Waals surface area contributed by atoms with Gasteiger partial charge in [0, 0.05) is 10.5 Å². The van der Waals surface area contributed by atoms with E-state index in [4.69, 9.17) is 4.74 Å². The fourth-order valence-corrected chi connectivity index (χ4v) is 2.03. The topological polar surface area (TPSA) is 89.7 Å². The minimum atomic E-state index is -1.66. The Balaban J connectivity index is 2.29. The van der Waals surface area contributed by atoms with Crippen LogP contribution in [-0.4, -0.2) is 34.2 Å². The maximum Gasteiger partial charge on any atom is 0.385 e. The summed E-state index contributed by atoms with van der Waals surface area (Å²) in [5.74, 6) is -0.934. The summed E-state index contributed by atoms with van der Waals surface area (Å²) < 4.78 is 4.93. The van der Waals surface area contributed by atoms with Crippen LogP contribution in [0.25, 0.3) is 0 Å². The number of nitrogens with zero attached hydrogens (tertiary/aromatic N) is 1.